The molecule has 0 atom stereocenters. The maximum absolute atomic E-state index is 12.0. The highest BCUT2D eigenvalue weighted by Crippen LogP contribution is 2.24. The number of hydrogen-bond acceptors (Lipinski definition) is 6. The Morgan fingerprint density at radius 2 is 1.94 bits per heavy atom. The standard InChI is InChI=1S/C9H8N2O3S2/c1-14-7-2-4-8(5-3-7)16(12,13)9-6-10-11-15-9/h2-6H,1H3. The normalized spacial score (nSPS) is 11.3. The van der Waals surface area contributed by atoms with Crippen LogP contribution in [0.4, 0.5) is 0 Å². The minimum atomic E-state index is -3.48. The van der Waals surface area contributed by atoms with Crippen molar-refractivity contribution >= 4 is 21.4 Å². The molecule has 16 heavy (non-hydrogen) atoms. The minimum absolute atomic E-state index is 0.137. The van der Waals surface area contributed by atoms with Crippen LogP contribution in [0.3, 0.4) is 0 Å². The molecule has 0 fully saturated rings. The molecule has 0 aliphatic carbocycles. The number of sulfone groups is 1. The van der Waals surface area contributed by atoms with E-state index in [4.69, 9.17) is 4.74 Å². The van der Waals surface area contributed by atoms with Gasteiger partial charge in [-0.25, -0.2) is 8.42 Å². The Balaban J connectivity index is 2.44. The molecule has 0 radical (unpaired) electrons. The van der Waals surface area contributed by atoms with Gasteiger partial charge in [-0.1, -0.05) is 4.49 Å². The molecule has 0 unspecified atom stereocenters. The van der Waals surface area contributed by atoms with Gasteiger partial charge < -0.3 is 4.74 Å². The average Bonchev–Trinajstić information content (AvgIpc) is 2.83. The second-order valence-electron chi connectivity index (χ2n) is 2.92. The van der Waals surface area contributed by atoms with E-state index in [2.05, 4.69) is 9.59 Å². The Labute approximate surface area is 96.8 Å². The van der Waals surface area contributed by atoms with E-state index in [0.29, 0.717) is 5.75 Å². The number of nitrogens with zero attached hydrogens (tertiary/aromatic N) is 2. The Morgan fingerprint density at radius 1 is 1.25 bits per heavy atom. The van der Waals surface area contributed by atoms with Crippen molar-refractivity contribution in [1.29, 1.82) is 0 Å². The van der Waals surface area contributed by atoms with Crippen LogP contribution in [0.2, 0.25) is 0 Å². The first kappa shape index (κ1) is 11.0. The van der Waals surface area contributed by atoms with Gasteiger partial charge in [0.05, 0.1) is 18.2 Å². The predicted octanol–water partition coefficient (Wildman–Crippen LogP) is 1.38. The van der Waals surface area contributed by atoms with E-state index in [1.807, 2.05) is 0 Å². The van der Waals surface area contributed by atoms with Crippen molar-refractivity contribution < 1.29 is 13.2 Å². The molecule has 0 N–H and O–H groups in total. The molecule has 2 aromatic rings. The molecule has 7 heteroatoms. The zero-order valence-corrected chi connectivity index (χ0v) is 9.96. The summed E-state index contributed by atoms with van der Waals surface area (Å²) in [5.74, 6) is 0.612. The summed E-state index contributed by atoms with van der Waals surface area (Å²) in [5, 5.41) is 3.51. The van der Waals surface area contributed by atoms with Crippen LogP contribution in [0.25, 0.3) is 0 Å². The summed E-state index contributed by atoms with van der Waals surface area (Å²) < 4.78 is 32.6. The molecule has 0 aliphatic heterocycles. The smallest absolute Gasteiger partial charge is 0.219 e. The van der Waals surface area contributed by atoms with Gasteiger partial charge >= 0.3 is 0 Å². The fraction of sp³-hybridized carbons (Fsp3) is 0.111. The number of methoxy groups -OCH3 is 1. The van der Waals surface area contributed by atoms with Gasteiger partial charge in [0, 0.05) is 11.5 Å². The minimum Gasteiger partial charge on any atom is -0.497 e. The van der Waals surface area contributed by atoms with Crippen molar-refractivity contribution in [3.8, 4) is 5.75 Å². The lowest BCUT2D eigenvalue weighted by atomic mass is 10.3. The summed E-state index contributed by atoms with van der Waals surface area (Å²) in [6, 6.07) is 6.18. The number of benzene rings is 1. The van der Waals surface area contributed by atoms with Crippen LogP contribution in [-0.2, 0) is 9.84 Å². The molecule has 1 aromatic heterocycles. The summed E-state index contributed by atoms with van der Waals surface area (Å²) in [5.41, 5.74) is 0. The second kappa shape index (κ2) is 4.18. The second-order valence-corrected chi connectivity index (χ2v) is 5.88. The van der Waals surface area contributed by atoms with Crippen molar-refractivity contribution in [1.82, 2.24) is 9.59 Å². The monoisotopic (exact) mass is 256 g/mol. The van der Waals surface area contributed by atoms with E-state index < -0.39 is 9.84 Å². The zero-order valence-electron chi connectivity index (χ0n) is 8.32. The molecule has 0 saturated heterocycles. The van der Waals surface area contributed by atoms with Gasteiger partial charge in [0.2, 0.25) is 9.84 Å². The zero-order chi connectivity index (χ0) is 11.6. The molecule has 84 valence electrons. The Bertz CT molecular complexity index is 561. The Hall–Kier alpha value is -1.47. The first-order chi connectivity index (χ1) is 7.64. The predicted molar refractivity (Wildman–Crippen MR) is 58.4 cm³/mol. The first-order valence-corrected chi connectivity index (χ1v) is 6.57. The summed E-state index contributed by atoms with van der Waals surface area (Å²) in [7, 11) is -1.96. The van der Waals surface area contributed by atoms with Crippen molar-refractivity contribution in [2.45, 2.75) is 9.10 Å². The molecule has 0 spiro atoms. The van der Waals surface area contributed by atoms with Crippen molar-refractivity contribution in [3.63, 3.8) is 0 Å². The third kappa shape index (κ3) is 1.91. The van der Waals surface area contributed by atoms with E-state index in [1.165, 1.54) is 25.4 Å². The van der Waals surface area contributed by atoms with Crippen molar-refractivity contribution in [2.75, 3.05) is 7.11 Å². The fourth-order valence-electron chi connectivity index (χ4n) is 1.15. The topological polar surface area (TPSA) is 69.2 Å². The van der Waals surface area contributed by atoms with Gasteiger partial charge in [0.25, 0.3) is 0 Å². The third-order valence-electron chi connectivity index (χ3n) is 1.98. The van der Waals surface area contributed by atoms with Gasteiger partial charge in [0.15, 0.2) is 4.21 Å². The van der Waals surface area contributed by atoms with Crippen LogP contribution < -0.4 is 4.74 Å². The Kier molecular flexibility index (Phi) is 2.88. The highest BCUT2D eigenvalue weighted by atomic mass is 32.2. The van der Waals surface area contributed by atoms with Gasteiger partial charge in [0.1, 0.15) is 5.75 Å². The van der Waals surface area contributed by atoms with Crippen LogP contribution in [0, 0.1) is 0 Å². The van der Waals surface area contributed by atoms with Gasteiger partial charge in [-0.15, -0.1) is 5.10 Å². The molecular formula is C9H8N2O3S2. The number of rotatable bonds is 3. The summed E-state index contributed by atoms with van der Waals surface area (Å²) in [6.45, 7) is 0. The first-order valence-electron chi connectivity index (χ1n) is 4.31. The van der Waals surface area contributed by atoms with Gasteiger partial charge in [-0.3, -0.25) is 0 Å². The molecule has 1 aromatic carbocycles. The van der Waals surface area contributed by atoms with E-state index >= 15 is 0 Å². The van der Waals surface area contributed by atoms with Crippen molar-refractivity contribution in [3.05, 3.63) is 30.5 Å². The lowest BCUT2D eigenvalue weighted by Gasteiger charge is -2.02. The van der Waals surface area contributed by atoms with E-state index in [1.54, 1.807) is 12.1 Å². The van der Waals surface area contributed by atoms with Crippen LogP contribution in [0.15, 0.2) is 39.6 Å². The van der Waals surface area contributed by atoms with Crippen LogP contribution in [-0.4, -0.2) is 25.1 Å². The lowest BCUT2D eigenvalue weighted by Crippen LogP contribution is -1.99. The van der Waals surface area contributed by atoms with E-state index in [9.17, 15) is 8.42 Å². The van der Waals surface area contributed by atoms with Gasteiger partial charge in [-0.2, -0.15) is 0 Å². The molecule has 0 amide bonds. The largest absolute Gasteiger partial charge is 0.497 e. The summed E-state index contributed by atoms with van der Waals surface area (Å²) >= 11 is 0.854. The summed E-state index contributed by atoms with van der Waals surface area (Å²) in [6.07, 6.45) is 1.24. The molecule has 1 heterocycles. The number of ether oxygens (including phenoxy) is 1. The molecule has 0 aliphatic rings. The fourth-order valence-corrected chi connectivity index (χ4v) is 3.11. The van der Waals surface area contributed by atoms with Crippen molar-refractivity contribution in [2.24, 2.45) is 0 Å². The highest BCUT2D eigenvalue weighted by Gasteiger charge is 2.19. The maximum atomic E-state index is 12.0. The molecular weight excluding hydrogens is 248 g/mol. The summed E-state index contributed by atoms with van der Waals surface area (Å²) in [4.78, 5) is 0.208. The SMILES string of the molecule is COc1ccc(S(=O)(=O)c2cnns2)cc1. The highest BCUT2D eigenvalue weighted by molar-refractivity contribution is 7.93. The van der Waals surface area contributed by atoms with Crippen LogP contribution in [0.1, 0.15) is 0 Å². The quantitative estimate of drug-likeness (QED) is 0.829. The number of hydrogen-bond donors (Lipinski definition) is 0. The van der Waals surface area contributed by atoms with E-state index in [-0.39, 0.29) is 9.10 Å². The van der Waals surface area contributed by atoms with Crippen LogP contribution >= 0.6 is 11.5 Å². The maximum Gasteiger partial charge on any atom is 0.219 e. The average molecular weight is 256 g/mol. The lowest BCUT2D eigenvalue weighted by molar-refractivity contribution is 0.414. The molecule has 2 rings (SSSR count). The molecule has 0 bridgehead atoms. The Morgan fingerprint density at radius 3 is 2.44 bits per heavy atom. The molecule has 0 saturated carbocycles. The number of aromatic nitrogens is 2. The van der Waals surface area contributed by atoms with Crippen LogP contribution in [0.5, 0.6) is 5.75 Å². The molecule has 5 nitrogen and oxygen atoms in total. The van der Waals surface area contributed by atoms with Gasteiger partial charge in [-0.05, 0) is 24.3 Å². The van der Waals surface area contributed by atoms with E-state index in [0.717, 1.165) is 11.5 Å². The third-order valence-corrected chi connectivity index (χ3v) is 4.85.